The zero-order chi connectivity index (χ0) is 16.7. The Morgan fingerprint density at radius 2 is 1.50 bits per heavy atom. The predicted octanol–water partition coefficient (Wildman–Crippen LogP) is 4.87. The lowest BCUT2D eigenvalue weighted by Gasteiger charge is -2.05. The third-order valence-corrected chi connectivity index (χ3v) is 4.25. The van der Waals surface area contributed by atoms with Crippen molar-refractivity contribution in [1.29, 1.82) is 0 Å². The van der Waals surface area contributed by atoms with Gasteiger partial charge in [-0.2, -0.15) is 0 Å². The van der Waals surface area contributed by atoms with Crippen LogP contribution in [0, 0.1) is 10.1 Å². The highest BCUT2D eigenvalue weighted by atomic mass is 16.6. The lowest BCUT2D eigenvalue weighted by molar-refractivity contribution is -0.384. The highest BCUT2D eigenvalue weighted by Gasteiger charge is 2.25. The normalized spacial score (nSPS) is 13.6. The molecule has 1 aliphatic carbocycles. The van der Waals surface area contributed by atoms with Crippen LogP contribution in [-0.2, 0) is 0 Å². The number of phenols is 1. The van der Waals surface area contributed by atoms with Crippen molar-refractivity contribution in [3.05, 3.63) is 93.5 Å². The van der Waals surface area contributed by atoms with Crippen LogP contribution < -0.4 is 0 Å². The molecule has 4 rings (SSSR count). The molecule has 0 saturated carbocycles. The molecule has 3 aromatic rings. The van der Waals surface area contributed by atoms with Gasteiger partial charge >= 0.3 is 0 Å². The lowest BCUT2D eigenvalue weighted by atomic mass is 10.0. The summed E-state index contributed by atoms with van der Waals surface area (Å²) in [4.78, 5) is 10.8. The zero-order valence-corrected chi connectivity index (χ0v) is 12.6. The molecule has 0 aromatic heterocycles. The average Bonchev–Trinajstić information content (AvgIpc) is 2.90. The van der Waals surface area contributed by atoms with Crippen LogP contribution in [-0.4, -0.2) is 10.0 Å². The fraction of sp³-hybridized carbons (Fsp3) is 0. The van der Waals surface area contributed by atoms with Crippen molar-refractivity contribution in [2.45, 2.75) is 0 Å². The first-order valence-corrected chi connectivity index (χ1v) is 7.53. The minimum absolute atomic E-state index is 0.0599. The second-order valence-electron chi connectivity index (χ2n) is 5.65. The van der Waals surface area contributed by atoms with Crippen LogP contribution in [0.4, 0.5) is 5.69 Å². The summed E-state index contributed by atoms with van der Waals surface area (Å²) in [5.74, 6) is 0.182. The SMILES string of the molecule is O=[N+]([O-])c1ccc2c(c1)/C(=C\c1ccccc1O)c1ccccc1-2. The van der Waals surface area contributed by atoms with Gasteiger partial charge in [0.2, 0.25) is 0 Å². The molecular weight excluding hydrogens is 302 g/mol. The second kappa shape index (κ2) is 5.35. The molecule has 0 aliphatic heterocycles. The van der Waals surface area contributed by atoms with Crippen LogP contribution in [0.3, 0.4) is 0 Å². The summed E-state index contributed by atoms with van der Waals surface area (Å²) in [6.07, 6.45) is 1.88. The molecule has 1 N–H and O–H groups in total. The largest absolute Gasteiger partial charge is 0.507 e. The Hall–Kier alpha value is -3.40. The van der Waals surface area contributed by atoms with Crippen molar-refractivity contribution in [2.24, 2.45) is 0 Å². The molecule has 0 spiro atoms. The fourth-order valence-corrected chi connectivity index (χ4v) is 3.12. The Labute approximate surface area is 138 Å². The summed E-state index contributed by atoms with van der Waals surface area (Å²) >= 11 is 0. The number of fused-ring (bicyclic) bond motifs is 3. The monoisotopic (exact) mass is 315 g/mol. The van der Waals surface area contributed by atoms with Crippen molar-refractivity contribution in [2.75, 3.05) is 0 Å². The lowest BCUT2D eigenvalue weighted by Crippen LogP contribution is -1.89. The molecule has 0 atom stereocenters. The third-order valence-electron chi connectivity index (χ3n) is 4.25. The Morgan fingerprint density at radius 1 is 0.833 bits per heavy atom. The molecular formula is C20H13NO3. The van der Waals surface area contributed by atoms with E-state index in [9.17, 15) is 15.2 Å². The maximum absolute atomic E-state index is 11.1. The van der Waals surface area contributed by atoms with Crippen LogP contribution >= 0.6 is 0 Å². The van der Waals surface area contributed by atoms with Crippen LogP contribution in [0.15, 0.2) is 66.7 Å². The molecule has 4 heteroatoms. The van der Waals surface area contributed by atoms with Crippen molar-refractivity contribution in [1.82, 2.24) is 0 Å². The standard InChI is InChI=1S/C20H13NO3/c22-20-8-4-1-5-13(20)11-18-16-7-3-2-6-15(16)17-10-9-14(21(23)24)12-19(17)18/h1-12,22H/b18-11-. The quantitative estimate of drug-likeness (QED) is 0.424. The van der Waals surface area contributed by atoms with E-state index in [4.69, 9.17) is 0 Å². The Morgan fingerprint density at radius 3 is 2.25 bits per heavy atom. The van der Waals surface area contributed by atoms with E-state index in [2.05, 4.69) is 0 Å². The maximum Gasteiger partial charge on any atom is 0.270 e. The third kappa shape index (κ3) is 2.16. The number of nitrogens with zero attached hydrogens (tertiary/aromatic N) is 1. The summed E-state index contributed by atoms with van der Waals surface area (Å²) in [7, 11) is 0. The van der Waals surface area contributed by atoms with Gasteiger partial charge in [-0.05, 0) is 46.0 Å². The maximum atomic E-state index is 11.1. The Bertz CT molecular complexity index is 1010. The van der Waals surface area contributed by atoms with Gasteiger partial charge in [-0.3, -0.25) is 10.1 Å². The molecule has 0 saturated heterocycles. The second-order valence-corrected chi connectivity index (χ2v) is 5.65. The molecule has 1 aliphatic rings. The topological polar surface area (TPSA) is 63.4 Å². The van der Waals surface area contributed by atoms with E-state index in [0.29, 0.717) is 5.56 Å². The van der Waals surface area contributed by atoms with Gasteiger partial charge in [0, 0.05) is 17.7 Å². The molecule has 0 unspecified atom stereocenters. The molecule has 24 heavy (non-hydrogen) atoms. The number of nitro groups is 1. The number of para-hydroxylation sites is 1. The van der Waals surface area contributed by atoms with Gasteiger partial charge in [-0.15, -0.1) is 0 Å². The van der Waals surface area contributed by atoms with Gasteiger partial charge in [0.05, 0.1) is 4.92 Å². The van der Waals surface area contributed by atoms with E-state index in [0.717, 1.165) is 27.8 Å². The number of benzene rings is 3. The van der Waals surface area contributed by atoms with Gasteiger partial charge in [0.15, 0.2) is 0 Å². The van der Waals surface area contributed by atoms with Gasteiger partial charge in [0.25, 0.3) is 5.69 Å². The van der Waals surface area contributed by atoms with Crippen molar-refractivity contribution >= 4 is 17.3 Å². The van der Waals surface area contributed by atoms with Crippen molar-refractivity contribution < 1.29 is 10.0 Å². The van der Waals surface area contributed by atoms with Gasteiger partial charge in [-0.25, -0.2) is 0 Å². The molecule has 116 valence electrons. The number of phenolic OH excluding ortho intramolecular Hbond substituents is 1. The highest BCUT2D eigenvalue weighted by molar-refractivity contribution is 6.07. The average molecular weight is 315 g/mol. The zero-order valence-electron chi connectivity index (χ0n) is 12.6. The molecule has 0 radical (unpaired) electrons. The number of aromatic hydroxyl groups is 1. The first-order chi connectivity index (χ1) is 11.6. The van der Waals surface area contributed by atoms with E-state index in [1.807, 2.05) is 42.5 Å². The number of rotatable bonds is 2. The van der Waals surface area contributed by atoms with Crippen molar-refractivity contribution in [3.63, 3.8) is 0 Å². The van der Waals surface area contributed by atoms with Crippen LogP contribution in [0.5, 0.6) is 5.75 Å². The van der Waals surface area contributed by atoms with Crippen LogP contribution in [0.1, 0.15) is 16.7 Å². The Kier molecular flexibility index (Phi) is 3.17. The molecule has 0 heterocycles. The van der Waals surface area contributed by atoms with Crippen LogP contribution in [0.25, 0.3) is 22.8 Å². The van der Waals surface area contributed by atoms with E-state index in [1.54, 1.807) is 24.3 Å². The predicted molar refractivity (Wildman–Crippen MR) is 93.6 cm³/mol. The van der Waals surface area contributed by atoms with Gasteiger partial charge in [0.1, 0.15) is 5.75 Å². The van der Waals surface area contributed by atoms with E-state index < -0.39 is 0 Å². The first kappa shape index (κ1) is 14.2. The Balaban J connectivity index is 1.99. The smallest absolute Gasteiger partial charge is 0.270 e. The van der Waals surface area contributed by atoms with Crippen LogP contribution in [0.2, 0.25) is 0 Å². The molecule has 0 fully saturated rings. The minimum atomic E-state index is -0.388. The van der Waals surface area contributed by atoms with E-state index >= 15 is 0 Å². The number of nitro benzene ring substituents is 1. The molecule has 0 bridgehead atoms. The van der Waals surface area contributed by atoms with Crippen molar-refractivity contribution in [3.8, 4) is 16.9 Å². The van der Waals surface area contributed by atoms with Gasteiger partial charge < -0.3 is 5.11 Å². The highest BCUT2D eigenvalue weighted by Crippen LogP contribution is 2.46. The van der Waals surface area contributed by atoms with Gasteiger partial charge in [-0.1, -0.05) is 42.5 Å². The van der Waals surface area contributed by atoms with E-state index in [1.165, 1.54) is 6.07 Å². The summed E-state index contributed by atoms with van der Waals surface area (Å²) in [5.41, 5.74) is 5.46. The summed E-state index contributed by atoms with van der Waals surface area (Å²) in [6, 6.07) is 19.9. The molecule has 0 amide bonds. The summed E-state index contributed by atoms with van der Waals surface area (Å²) in [6.45, 7) is 0. The summed E-state index contributed by atoms with van der Waals surface area (Å²) < 4.78 is 0. The first-order valence-electron chi connectivity index (χ1n) is 7.53. The molecule has 3 aromatic carbocycles. The molecule has 4 nitrogen and oxygen atoms in total. The number of hydrogen-bond acceptors (Lipinski definition) is 3. The fourth-order valence-electron chi connectivity index (χ4n) is 3.12. The number of non-ortho nitro benzene ring substituents is 1. The van der Waals surface area contributed by atoms with E-state index in [-0.39, 0.29) is 16.4 Å². The summed E-state index contributed by atoms with van der Waals surface area (Å²) in [5, 5.41) is 21.2. The minimum Gasteiger partial charge on any atom is -0.507 e. The number of hydrogen-bond donors (Lipinski definition) is 1.